The molecule has 5 nitrogen and oxygen atoms in total. The first-order chi connectivity index (χ1) is 14.6. The van der Waals surface area contributed by atoms with E-state index < -0.39 is 6.04 Å². The molecule has 2 aromatic carbocycles. The van der Waals surface area contributed by atoms with Crippen molar-refractivity contribution in [3.63, 3.8) is 0 Å². The first-order valence-corrected chi connectivity index (χ1v) is 11.1. The van der Waals surface area contributed by atoms with Crippen molar-refractivity contribution in [2.45, 2.75) is 59.2 Å². The molecule has 0 saturated carbocycles. The predicted octanol–water partition coefficient (Wildman–Crippen LogP) is 5.44. The number of carbonyl (C=O) groups excluding carboxylic acids is 2. The Morgan fingerprint density at radius 3 is 2.06 bits per heavy atom. The molecule has 0 bridgehead atoms. The molecule has 2 rings (SSSR count). The third-order valence-electron chi connectivity index (χ3n) is 4.90. The van der Waals surface area contributed by atoms with Gasteiger partial charge in [0.15, 0.2) is 6.61 Å². The molecule has 0 heterocycles. The van der Waals surface area contributed by atoms with Gasteiger partial charge in [0.1, 0.15) is 11.8 Å². The maximum Gasteiger partial charge on any atom is 0.261 e. The first kappa shape index (κ1) is 25.0. The summed E-state index contributed by atoms with van der Waals surface area (Å²) in [5.41, 5.74) is 1.78. The largest absolute Gasteiger partial charge is 0.484 e. The van der Waals surface area contributed by atoms with Crippen molar-refractivity contribution in [2.75, 3.05) is 6.61 Å². The van der Waals surface area contributed by atoms with Crippen molar-refractivity contribution in [3.8, 4) is 5.75 Å². The van der Waals surface area contributed by atoms with Crippen LogP contribution in [0.1, 0.15) is 51.7 Å². The summed E-state index contributed by atoms with van der Waals surface area (Å²) in [7, 11) is 0. The van der Waals surface area contributed by atoms with E-state index in [4.69, 9.17) is 27.9 Å². The maximum atomic E-state index is 13.1. The second-order valence-corrected chi connectivity index (χ2v) is 8.89. The van der Waals surface area contributed by atoms with Crippen LogP contribution in [0.5, 0.6) is 5.75 Å². The molecule has 0 aromatic heterocycles. The van der Waals surface area contributed by atoms with E-state index in [9.17, 15) is 9.59 Å². The van der Waals surface area contributed by atoms with Crippen LogP contribution in [0.4, 0.5) is 0 Å². The molecule has 0 aliphatic carbocycles. The Balaban J connectivity index is 2.19. The van der Waals surface area contributed by atoms with E-state index in [2.05, 4.69) is 19.2 Å². The summed E-state index contributed by atoms with van der Waals surface area (Å²) in [6.07, 6.45) is 0. The van der Waals surface area contributed by atoms with Crippen LogP contribution in [0.2, 0.25) is 10.0 Å². The van der Waals surface area contributed by atoms with E-state index in [-0.39, 0.29) is 31.0 Å². The second kappa shape index (κ2) is 11.4. The molecule has 2 amide bonds. The van der Waals surface area contributed by atoms with Crippen molar-refractivity contribution in [3.05, 3.63) is 63.6 Å². The summed E-state index contributed by atoms with van der Waals surface area (Å²) in [6.45, 7) is 9.53. The lowest BCUT2D eigenvalue weighted by Crippen LogP contribution is -2.50. The highest BCUT2D eigenvalue weighted by Crippen LogP contribution is 2.27. The summed E-state index contributed by atoms with van der Waals surface area (Å²) in [5.74, 6) is 0.405. The Hall–Kier alpha value is -2.24. The molecule has 0 spiro atoms. The van der Waals surface area contributed by atoms with E-state index in [0.29, 0.717) is 27.3 Å². The highest BCUT2D eigenvalue weighted by molar-refractivity contribution is 6.36. The number of nitrogens with zero attached hydrogens (tertiary/aromatic N) is 1. The van der Waals surface area contributed by atoms with Crippen molar-refractivity contribution in [1.82, 2.24) is 10.2 Å². The molecule has 0 radical (unpaired) electrons. The highest BCUT2D eigenvalue weighted by Gasteiger charge is 2.28. The number of ether oxygens (including phenoxy) is 1. The van der Waals surface area contributed by atoms with E-state index in [0.717, 1.165) is 0 Å². The number of hydrogen-bond acceptors (Lipinski definition) is 3. The van der Waals surface area contributed by atoms with Crippen molar-refractivity contribution in [2.24, 2.45) is 0 Å². The van der Waals surface area contributed by atoms with Crippen LogP contribution >= 0.6 is 23.2 Å². The highest BCUT2D eigenvalue weighted by atomic mass is 35.5. The predicted molar refractivity (Wildman–Crippen MR) is 126 cm³/mol. The van der Waals surface area contributed by atoms with Crippen molar-refractivity contribution >= 4 is 35.0 Å². The quantitative estimate of drug-likeness (QED) is 0.537. The van der Waals surface area contributed by atoms with Gasteiger partial charge < -0.3 is 15.0 Å². The van der Waals surface area contributed by atoms with Crippen LogP contribution in [0.3, 0.4) is 0 Å². The molecule has 31 heavy (non-hydrogen) atoms. The number of amides is 2. The summed E-state index contributed by atoms with van der Waals surface area (Å²) in [4.78, 5) is 27.1. The van der Waals surface area contributed by atoms with Gasteiger partial charge in [-0.25, -0.2) is 0 Å². The van der Waals surface area contributed by atoms with Crippen LogP contribution in [0.25, 0.3) is 0 Å². The van der Waals surface area contributed by atoms with Crippen LogP contribution in [0, 0.1) is 0 Å². The second-order valence-electron chi connectivity index (χ2n) is 8.07. The van der Waals surface area contributed by atoms with Gasteiger partial charge in [0.25, 0.3) is 5.91 Å². The van der Waals surface area contributed by atoms with Crippen LogP contribution in [0.15, 0.2) is 42.5 Å². The summed E-state index contributed by atoms with van der Waals surface area (Å²) in [5, 5.41) is 3.72. The molecule has 0 fully saturated rings. The Bertz CT molecular complexity index is 878. The molecule has 7 heteroatoms. The fourth-order valence-electron chi connectivity index (χ4n) is 3.02. The number of rotatable bonds is 9. The van der Waals surface area contributed by atoms with Gasteiger partial charge in [-0.3, -0.25) is 9.59 Å². The standard InChI is InChI=1S/C24H30Cl2N2O3/c1-15(2)18-9-11-19(12-10-18)31-14-23(29)28(17(5)24(30)27-16(3)4)13-20-21(25)7-6-8-22(20)26/h6-12,15-17H,13-14H2,1-5H3,(H,27,30). The molecule has 2 aromatic rings. The number of benzene rings is 2. The minimum absolute atomic E-state index is 0.0495. The topological polar surface area (TPSA) is 58.6 Å². The molecule has 1 unspecified atom stereocenters. The number of nitrogens with one attached hydrogen (secondary N) is 1. The molecule has 0 saturated heterocycles. The van der Waals surface area contributed by atoms with E-state index in [1.165, 1.54) is 10.5 Å². The zero-order valence-corrected chi connectivity index (χ0v) is 20.1. The monoisotopic (exact) mass is 464 g/mol. The number of hydrogen-bond donors (Lipinski definition) is 1. The lowest BCUT2D eigenvalue weighted by Gasteiger charge is -2.30. The zero-order valence-electron chi connectivity index (χ0n) is 18.6. The molecular formula is C24H30Cl2N2O3. The third-order valence-corrected chi connectivity index (χ3v) is 5.61. The van der Waals surface area contributed by atoms with Crippen LogP contribution in [-0.2, 0) is 16.1 Å². The van der Waals surface area contributed by atoms with Gasteiger partial charge in [-0.05, 0) is 56.5 Å². The molecular weight excluding hydrogens is 435 g/mol. The molecule has 1 atom stereocenters. The molecule has 0 aliphatic rings. The molecule has 1 N–H and O–H groups in total. The fourth-order valence-corrected chi connectivity index (χ4v) is 3.54. The first-order valence-electron chi connectivity index (χ1n) is 10.4. The molecule has 168 valence electrons. The Morgan fingerprint density at radius 1 is 0.968 bits per heavy atom. The molecule has 0 aliphatic heterocycles. The number of carbonyl (C=O) groups is 2. The lowest BCUT2D eigenvalue weighted by molar-refractivity contribution is -0.142. The van der Waals surface area contributed by atoms with Gasteiger partial charge in [0.2, 0.25) is 5.91 Å². The lowest BCUT2D eigenvalue weighted by atomic mass is 10.0. The smallest absolute Gasteiger partial charge is 0.261 e. The van der Waals surface area contributed by atoms with Gasteiger partial charge in [-0.2, -0.15) is 0 Å². The normalized spacial score (nSPS) is 12.0. The SMILES string of the molecule is CC(C)NC(=O)C(C)N(Cc1c(Cl)cccc1Cl)C(=O)COc1ccc(C(C)C)cc1. The van der Waals surface area contributed by atoms with Gasteiger partial charge in [-0.15, -0.1) is 0 Å². The van der Waals surface area contributed by atoms with Crippen LogP contribution in [-0.4, -0.2) is 35.4 Å². The van der Waals surface area contributed by atoms with Gasteiger partial charge in [0, 0.05) is 28.2 Å². The summed E-state index contributed by atoms with van der Waals surface area (Å²) < 4.78 is 5.70. The van der Waals surface area contributed by atoms with E-state index in [1.54, 1.807) is 25.1 Å². The fraction of sp³-hybridized carbons (Fsp3) is 0.417. The van der Waals surface area contributed by atoms with Crippen molar-refractivity contribution in [1.29, 1.82) is 0 Å². The van der Waals surface area contributed by atoms with Gasteiger partial charge >= 0.3 is 0 Å². The minimum atomic E-state index is -0.728. The van der Waals surface area contributed by atoms with Gasteiger partial charge in [-0.1, -0.05) is 55.2 Å². The minimum Gasteiger partial charge on any atom is -0.484 e. The zero-order chi connectivity index (χ0) is 23.1. The summed E-state index contributed by atoms with van der Waals surface area (Å²) >= 11 is 12.6. The van der Waals surface area contributed by atoms with Crippen molar-refractivity contribution < 1.29 is 14.3 Å². The van der Waals surface area contributed by atoms with Gasteiger partial charge in [0.05, 0.1) is 0 Å². The van der Waals surface area contributed by atoms with E-state index >= 15 is 0 Å². The number of halogens is 2. The third kappa shape index (κ3) is 7.15. The summed E-state index contributed by atoms with van der Waals surface area (Å²) in [6, 6.07) is 12.0. The maximum absolute atomic E-state index is 13.1. The van der Waals surface area contributed by atoms with Crippen LogP contribution < -0.4 is 10.1 Å². The average Bonchev–Trinajstić information content (AvgIpc) is 2.71. The van der Waals surface area contributed by atoms with E-state index in [1.807, 2.05) is 38.1 Å². The Labute approximate surface area is 194 Å². The Morgan fingerprint density at radius 2 is 1.55 bits per heavy atom. The Kier molecular flexibility index (Phi) is 9.20. The average molecular weight is 465 g/mol.